The van der Waals surface area contributed by atoms with Gasteiger partial charge >= 0.3 is 13.1 Å². The number of halogens is 1. The number of benzene rings is 1. The fourth-order valence-corrected chi connectivity index (χ4v) is 7.22. The summed E-state index contributed by atoms with van der Waals surface area (Å²) in [5, 5.41) is 30.0. The third-order valence-corrected chi connectivity index (χ3v) is 9.25. The van der Waals surface area contributed by atoms with Crippen molar-refractivity contribution in [2.24, 2.45) is 17.8 Å². The summed E-state index contributed by atoms with van der Waals surface area (Å²) < 4.78 is 7.01. The van der Waals surface area contributed by atoms with E-state index < -0.39 is 24.9 Å². The number of hydrogen-bond donors (Lipinski definition) is 3. The number of amides is 2. The van der Waals surface area contributed by atoms with Gasteiger partial charge in [0, 0.05) is 23.0 Å². The maximum absolute atomic E-state index is 13.7. The molecule has 0 aromatic heterocycles. The van der Waals surface area contributed by atoms with Crippen LogP contribution in [0, 0.1) is 17.8 Å². The first-order chi connectivity index (χ1) is 19.6. The third kappa shape index (κ3) is 7.32. The first kappa shape index (κ1) is 31.5. The number of likely N-dealkylation sites (tertiary alicyclic amines) is 1. The number of phenolic OH excluding ortho intramolecular Hbond substituents is 1. The lowest BCUT2D eigenvalue weighted by Gasteiger charge is -2.43. The van der Waals surface area contributed by atoms with Crippen LogP contribution in [0.5, 0.6) is 5.75 Å². The van der Waals surface area contributed by atoms with Gasteiger partial charge in [-0.25, -0.2) is 0 Å². The van der Waals surface area contributed by atoms with Crippen molar-refractivity contribution in [3.63, 3.8) is 0 Å². The molecule has 3 aliphatic rings. The van der Waals surface area contributed by atoms with E-state index in [2.05, 4.69) is 29.8 Å². The van der Waals surface area contributed by atoms with Gasteiger partial charge in [-0.1, -0.05) is 59.8 Å². The largest absolute Gasteiger partial charge is 0.507 e. The van der Waals surface area contributed by atoms with Crippen LogP contribution in [-0.2, 0) is 19.0 Å². The molecule has 0 saturated carbocycles. The summed E-state index contributed by atoms with van der Waals surface area (Å²) in [6, 6.07) is 5.34. The summed E-state index contributed by atoms with van der Waals surface area (Å²) in [6.45, 7) is 4.49. The van der Waals surface area contributed by atoms with E-state index in [0.29, 0.717) is 51.4 Å². The molecule has 0 spiro atoms. The maximum atomic E-state index is 13.7. The zero-order valence-electron chi connectivity index (χ0n) is 24.0. The number of aliphatic carboxylic acids is 1. The van der Waals surface area contributed by atoms with Crippen molar-refractivity contribution < 1.29 is 34.3 Å². The molecular formula is C31H41BBrNO7. The molecule has 2 fully saturated rings. The van der Waals surface area contributed by atoms with E-state index in [1.807, 2.05) is 12.1 Å². The smallest absolute Gasteiger partial charge is 0.455 e. The zero-order chi connectivity index (χ0) is 29.7. The average molecular weight is 630 g/mol. The van der Waals surface area contributed by atoms with Crippen LogP contribution in [-0.4, -0.2) is 57.7 Å². The molecule has 4 rings (SSSR count). The Labute approximate surface area is 251 Å². The highest BCUT2D eigenvalue weighted by Crippen LogP contribution is 2.51. The summed E-state index contributed by atoms with van der Waals surface area (Å²) in [7, 11) is -1.01. The Hall–Kier alpha value is -2.43. The van der Waals surface area contributed by atoms with Crippen molar-refractivity contribution in [1.82, 2.24) is 4.90 Å². The summed E-state index contributed by atoms with van der Waals surface area (Å²) in [5.41, 5.74) is 4.17. The molecule has 2 saturated heterocycles. The van der Waals surface area contributed by atoms with Crippen LogP contribution < -0.4 is 0 Å². The molecule has 2 heterocycles. The molecular weight excluding hydrogens is 589 g/mol. The second kappa shape index (κ2) is 14.2. The number of imide groups is 1. The van der Waals surface area contributed by atoms with Gasteiger partial charge in [0.2, 0.25) is 11.8 Å². The SMILES string of the molecule is CCCC1=C2[C@@H](CC/C(=C/c3cc(Br)ccc3O)CC)OB(O)C[C@@H]2[C@@H]2C(=O)N(CCCCCC(=O)O)C(=O)[C@@H]2C1. The number of rotatable bonds is 13. The van der Waals surface area contributed by atoms with Gasteiger partial charge in [0.25, 0.3) is 0 Å². The number of unbranched alkanes of at least 4 members (excludes halogenated alkanes) is 2. The number of carbonyl (C=O) groups is 3. The Morgan fingerprint density at radius 1 is 1.15 bits per heavy atom. The van der Waals surface area contributed by atoms with E-state index in [-0.39, 0.29) is 36.0 Å². The minimum absolute atomic E-state index is 0.0845. The Morgan fingerprint density at radius 3 is 2.63 bits per heavy atom. The highest BCUT2D eigenvalue weighted by molar-refractivity contribution is 9.10. The van der Waals surface area contributed by atoms with Gasteiger partial charge in [-0.3, -0.25) is 19.3 Å². The summed E-state index contributed by atoms with van der Waals surface area (Å²) in [6.07, 6.45) is 8.22. The first-order valence-electron chi connectivity index (χ1n) is 14.9. The lowest BCUT2D eigenvalue weighted by atomic mass is 9.58. The van der Waals surface area contributed by atoms with E-state index in [1.165, 1.54) is 10.5 Å². The minimum Gasteiger partial charge on any atom is -0.507 e. The van der Waals surface area contributed by atoms with Crippen LogP contribution in [0.1, 0.15) is 83.6 Å². The molecule has 0 bridgehead atoms. The molecule has 3 N–H and O–H groups in total. The Balaban J connectivity index is 1.53. The average Bonchev–Trinajstić information content (AvgIpc) is 3.16. The van der Waals surface area contributed by atoms with Crippen molar-refractivity contribution in [2.45, 2.75) is 90.5 Å². The maximum Gasteiger partial charge on any atom is 0.455 e. The van der Waals surface area contributed by atoms with Gasteiger partial charge in [0.15, 0.2) is 0 Å². The molecule has 2 aliphatic heterocycles. The van der Waals surface area contributed by atoms with Gasteiger partial charge in [-0.15, -0.1) is 0 Å². The lowest BCUT2D eigenvalue weighted by molar-refractivity contribution is -0.141. The Morgan fingerprint density at radius 2 is 1.93 bits per heavy atom. The van der Waals surface area contributed by atoms with Crippen LogP contribution in [0.4, 0.5) is 0 Å². The van der Waals surface area contributed by atoms with Crippen molar-refractivity contribution >= 4 is 46.9 Å². The fourth-order valence-electron chi connectivity index (χ4n) is 6.84. The number of carboxylic acids is 1. The molecule has 1 aromatic carbocycles. The fraction of sp³-hybridized carbons (Fsp3) is 0.581. The first-order valence-corrected chi connectivity index (χ1v) is 15.7. The summed E-state index contributed by atoms with van der Waals surface area (Å²) in [5.74, 6) is -2.05. The van der Waals surface area contributed by atoms with E-state index in [0.717, 1.165) is 40.4 Å². The van der Waals surface area contributed by atoms with Crippen molar-refractivity contribution in [3.8, 4) is 5.75 Å². The van der Waals surface area contributed by atoms with E-state index >= 15 is 0 Å². The second-order valence-corrected chi connectivity index (χ2v) is 12.4. The van der Waals surface area contributed by atoms with Crippen molar-refractivity contribution in [2.75, 3.05) is 6.54 Å². The monoisotopic (exact) mass is 629 g/mol. The molecule has 41 heavy (non-hydrogen) atoms. The van der Waals surface area contributed by atoms with Crippen molar-refractivity contribution in [1.29, 1.82) is 0 Å². The van der Waals surface area contributed by atoms with E-state index in [9.17, 15) is 24.5 Å². The molecule has 0 unspecified atom stereocenters. The van der Waals surface area contributed by atoms with Gasteiger partial charge < -0.3 is 19.9 Å². The van der Waals surface area contributed by atoms with Gasteiger partial charge in [-0.2, -0.15) is 0 Å². The van der Waals surface area contributed by atoms with Crippen LogP contribution in [0.3, 0.4) is 0 Å². The molecule has 4 atom stereocenters. The number of phenols is 1. The van der Waals surface area contributed by atoms with Gasteiger partial charge in [0.1, 0.15) is 5.75 Å². The molecule has 0 radical (unpaired) electrons. The van der Waals surface area contributed by atoms with Crippen molar-refractivity contribution in [3.05, 3.63) is 45.0 Å². The summed E-state index contributed by atoms with van der Waals surface area (Å²) >= 11 is 3.47. The quantitative estimate of drug-likeness (QED) is 0.106. The minimum atomic E-state index is -1.01. The predicted molar refractivity (Wildman–Crippen MR) is 161 cm³/mol. The second-order valence-electron chi connectivity index (χ2n) is 11.5. The van der Waals surface area contributed by atoms with E-state index in [1.54, 1.807) is 12.1 Å². The van der Waals surface area contributed by atoms with Crippen LogP contribution in [0.25, 0.3) is 6.08 Å². The third-order valence-electron chi connectivity index (χ3n) is 8.75. The number of aromatic hydroxyl groups is 1. The van der Waals surface area contributed by atoms with Crippen LogP contribution in [0.15, 0.2) is 39.4 Å². The number of hydrogen-bond acceptors (Lipinski definition) is 6. The molecule has 1 aliphatic carbocycles. The standard InChI is InChI=1S/C31H41BBrNO7/c1-3-8-20-17-23-29(31(39)34(30(23)38)14-7-5-6-9-27(36)37)24-18-32(40)41-26(28(20)24)13-10-19(4-2)15-21-16-22(33)11-12-25(21)35/h11-12,15-16,23-24,26,29,35,40H,3-10,13-14,17-18H2,1-2H3,(H,36,37)/b19-15+/t23-,24+,26-,29-/m1/s1. The van der Waals surface area contributed by atoms with E-state index in [4.69, 9.17) is 9.76 Å². The molecule has 1 aromatic rings. The number of nitrogens with zero attached hydrogens (tertiary/aromatic N) is 1. The normalized spacial score (nSPS) is 24.6. The lowest BCUT2D eigenvalue weighted by Crippen LogP contribution is -2.46. The van der Waals surface area contributed by atoms with Crippen LogP contribution >= 0.6 is 15.9 Å². The Kier molecular flexibility index (Phi) is 10.9. The number of carbonyl (C=O) groups excluding carboxylic acids is 2. The molecule has 10 heteroatoms. The number of carboxylic acid groups (broad SMARTS) is 1. The Bertz CT molecular complexity index is 1210. The number of fused-ring (bicyclic) bond motifs is 3. The molecule has 8 nitrogen and oxygen atoms in total. The molecule has 2 amide bonds. The number of allylic oxidation sites excluding steroid dienone is 2. The highest BCUT2D eigenvalue weighted by Gasteiger charge is 2.56. The zero-order valence-corrected chi connectivity index (χ0v) is 25.6. The van der Waals surface area contributed by atoms with Gasteiger partial charge in [-0.05, 0) is 81.0 Å². The summed E-state index contributed by atoms with van der Waals surface area (Å²) in [4.78, 5) is 39.3. The molecule has 222 valence electrons. The van der Waals surface area contributed by atoms with Crippen LogP contribution in [0.2, 0.25) is 6.32 Å². The highest BCUT2D eigenvalue weighted by atomic mass is 79.9. The van der Waals surface area contributed by atoms with Gasteiger partial charge in [0.05, 0.1) is 17.9 Å². The predicted octanol–water partition coefficient (Wildman–Crippen LogP) is 5.97. The topological polar surface area (TPSA) is 124 Å².